The fourth-order valence-electron chi connectivity index (χ4n) is 3.31. The smallest absolute Gasteiger partial charge is 0.463 e. The van der Waals surface area contributed by atoms with E-state index in [4.69, 9.17) is 32.7 Å². The van der Waals surface area contributed by atoms with E-state index in [1.54, 1.807) is 0 Å². The average molecular weight is 614 g/mol. The highest BCUT2D eigenvalue weighted by Gasteiger charge is 2.65. The maximum atomic E-state index is 13.9. The van der Waals surface area contributed by atoms with Gasteiger partial charge in [-0.05, 0) is 30.3 Å². The number of halogens is 8. The van der Waals surface area contributed by atoms with Crippen molar-refractivity contribution in [1.29, 1.82) is 0 Å². The maximum Gasteiger partial charge on any atom is 0.463 e. The number of ether oxygens (including phenoxy) is 2. The van der Waals surface area contributed by atoms with Crippen LogP contribution >= 0.6 is 23.2 Å². The van der Waals surface area contributed by atoms with E-state index in [1.807, 2.05) is 0 Å². The highest BCUT2D eigenvalue weighted by Crippen LogP contribution is 2.42. The first-order valence-electron chi connectivity index (χ1n) is 11.2. The first-order valence-corrected chi connectivity index (χ1v) is 11.9. The molecule has 0 radical (unpaired) electrons. The van der Waals surface area contributed by atoms with Crippen molar-refractivity contribution in [2.24, 2.45) is 0 Å². The van der Waals surface area contributed by atoms with Crippen LogP contribution < -0.4 is 25.0 Å². The van der Waals surface area contributed by atoms with Gasteiger partial charge in [-0.3, -0.25) is 19.3 Å². The molecule has 0 fully saturated rings. The molecule has 1 aliphatic rings. The summed E-state index contributed by atoms with van der Waals surface area (Å²) in [6, 6.07) is 6.87. The molecule has 2 aromatic rings. The summed E-state index contributed by atoms with van der Waals surface area (Å²) < 4.78 is 90.3. The zero-order valence-corrected chi connectivity index (χ0v) is 21.6. The summed E-state index contributed by atoms with van der Waals surface area (Å²) in [6.45, 7) is 2.08. The van der Waals surface area contributed by atoms with Gasteiger partial charge in [-0.1, -0.05) is 29.8 Å². The molecular weight excluding hydrogens is 595 g/mol. The lowest BCUT2D eigenvalue weighted by molar-refractivity contribution is -0.268. The quantitative estimate of drug-likeness (QED) is 0.402. The average Bonchev–Trinajstić information content (AvgIpc) is 2.87. The first kappa shape index (κ1) is 30.9. The van der Waals surface area contributed by atoms with E-state index in [0.29, 0.717) is 0 Å². The zero-order chi connectivity index (χ0) is 29.8. The van der Waals surface area contributed by atoms with Crippen LogP contribution in [0.3, 0.4) is 0 Å². The molecule has 0 aliphatic carbocycles. The van der Waals surface area contributed by atoms with Crippen LogP contribution in [0.2, 0.25) is 10.0 Å². The van der Waals surface area contributed by atoms with E-state index in [9.17, 15) is 40.7 Å². The van der Waals surface area contributed by atoms with Gasteiger partial charge < -0.3 is 20.1 Å². The predicted octanol–water partition coefficient (Wildman–Crippen LogP) is 4.64. The fourth-order valence-corrected chi connectivity index (χ4v) is 3.60. The monoisotopic (exact) mass is 613 g/mol. The molecule has 0 saturated carbocycles. The normalized spacial score (nSPS) is 15.0. The van der Waals surface area contributed by atoms with E-state index >= 15 is 0 Å². The number of fused-ring (bicyclic) bond motifs is 1. The van der Waals surface area contributed by atoms with Gasteiger partial charge >= 0.3 is 18.0 Å². The number of carbonyl (C=O) groups excluding carboxylic acids is 3. The number of hydrogen-bond donors (Lipinski definition) is 2. The van der Waals surface area contributed by atoms with Gasteiger partial charge in [0.1, 0.15) is 17.3 Å². The van der Waals surface area contributed by atoms with Crippen LogP contribution in [0.1, 0.15) is 6.42 Å². The van der Waals surface area contributed by atoms with Crippen molar-refractivity contribution >= 4 is 46.6 Å². The van der Waals surface area contributed by atoms with E-state index < -0.39 is 60.6 Å². The van der Waals surface area contributed by atoms with E-state index in [2.05, 4.69) is 17.2 Å². The molecule has 40 heavy (non-hydrogen) atoms. The first-order chi connectivity index (χ1) is 18.6. The molecular formula is C24H19Cl2F6N3O5. The van der Waals surface area contributed by atoms with Crippen molar-refractivity contribution in [3.8, 4) is 11.5 Å². The van der Waals surface area contributed by atoms with Gasteiger partial charge in [0, 0.05) is 29.8 Å². The molecule has 1 unspecified atom stereocenters. The van der Waals surface area contributed by atoms with Gasteiger partial charge in [0.25, 0.3) is 11.8 Å². The number of alkyl halides is 5. The van der Waals surface area contributed by atoms with Crippen LogP contribution in [-0.4, -0.2) is 55.6 Å². The highest BCUT2D eigenvalue weighted by atomic mass is 35.5. The Bertz CT molecular complexity index is 1320. The number of benzene rings is 2. The number of nitrogens with one attached hydrogen (secondary N) is 2. The van der Waals surface area contributed by atoms with Crippen molar-refractivity contribution in [3.63, 3.8) is 0 Å². The summed E-state index contributed by atoms with van der Waals surface area (Å²) >= 11 is 11.4. The molecule has 0 saturated heterocycles. The topological polar surface area (TPSA) is 97.0 Å². The number of amides is 3. The van der Waals surface area contributed by atoms with Crippen LogP contribution in [0.25, 0.3) is 0 Å². The molecule has 2 N–H and O–H groups in total. The number of rotatable bonds is 9. The molecule has 0 aromatic heterocycles. The Morgan fingerprint density at radius 1 is 1.10 bits per heavy atom. The molecule has 1 aliphatic heterocycles. The van der Waals surface area contributed by atoms with Gasteiger partial charge in [-0.25, -0.2) is 4.39 Å². The third-order valence-corrected chi connectivity index (χ3v) is 5.84. The number of nitrogens with zero attached hydrogens (tertiary/aromatic N) is 1. The number of carbonyl (C=O) groups is 3. The van der Waals surface area contributed by atoms with Gasteiger partial charge in [0.05, 0.1) is 17.3 Å². The summed E-state index contributed by atoms with van der Waals surface area (Å²) in [4.78, 5) is 36.9. The van der Waals surface area contributed by atoms with Crippen LogP contribution in [0, 0.1) is 5.82 Å². The summed E-state index contributed by atoms with van der Waals surface area (Å²) in [6.07, 6.45) is -7.91. The molecule has 0 bridgehead atoms. The largest absolute Gasteiger partial charge is 0.484 e. The van der Waals surface area contributed by atoms with Crippen LogP contribution in [0.5, 0.6) is 11.5 Å². The molecule has 2 aromatic carbocycles. The van der Waals surface area contributed by atoms with Crippen molar-refractivity contribution in [3.05, 3.63) is 64.5 Å². The Labute approximate surface area is 232 Å². The lowest BCUT2D eigenvalue weighted by Crippen LogP contribution is -2.57. The third kappa shape index (κ3) is 7.30. The van der Waals surface area contributed by atoms with Crippen molar-refractivity contribution in [1.82, 2.24) is 10.6 Å². The maximum absolute atomic E-state index is 13.9. The van der Waals surface area contributed by atoms with Crippen molar-refractivity contribution in [2.75, 3.05) is 24.6 Å². The van der Waals surface area contributed by atoms with E-state index in [-0.39, 0.29) is 45.1 Å². The minimum atomic E-state index is -6.19. The van der Waals surface area contributed by atoms with Gasteiger partial charge in [0.2, 0.25) is 0 Å². The molecule has 1 atom stereocenters. The van der Waals surface area contributed by atoms with Gasteiger partial charge in [0.15, 0.2) is 12.7 Å². The summed E-state index contributed by atoms with van der Waals surface area (Å²) in [5, 5.41) is 4.54. The zero-order valence-electron chi connectivity index (χ0n) is 20.1. The van der Waals surface area contributed by atoms with Gasteiger partial charge in [-0.15, -0.1) is 0 Å². The number of hydrogen-bond acceptors (Lipinski definition) is 5. The second-order valence-corrected chi connectivity index (χ2v) is 9.11. The van der Waals surface area contributed by atoms with Crippen molar-refractivity contribution < 1.29 is 50.2 Å². The minimum absolute atomic E-state index is 0.0231. The standard InChI is InChI=1S/C24H19Cl2F6N3O5/c1-12(6-7-33-20(36)11-39-14-3-4-15(26)16(27)9-14)34-21(37)19-10-35(22(38)23(28,29)24(30,31)32)17-8-13(25)2-5-18(17)40-19/h2-5,8-9,19H,1,6-7,10-11H2,(H,33,36)(H,34,37). The van der Waals surface area contributed by atoms with Crippen molar-refractivity contribution in [2.45, 2.75) is 24.6 Å². The Kier molecular flexibility index (Phi) is 9.46. The second-order valence-electron chi connectivity index (χ2n) is 8.26. The predicted molar refractivity (Wildman–Crippen MR) is 131 cm³/mol. The molecule has 8 nitrogen and oxygen atoms in total. The van der Waals surface area contributed by atoms with Crippen LogP contribution in [-0.2, 0) is 14.4 Å². The van der Waals surface area contributed by atoms with Gasteiger partial charge in [-0.2, -0.15) is 22.0 Å². The lowest BCUT2D eigenvalue weighted by Gasteiger charge is -2.36. The summed E-state index contributed by atoms with van der Waals surface area (Å²) in [7, 11) is 0. The Morgan fingerprint density at radius 3 is 2.45 bits per heavy atom. The van der Waals surface area contributed by atoms with E-state index in [0.717, 1.165) is 18.2 Å². The van der Waals surface area contributed by atoms with Crippen LogP contribution in [0.4, 0.5) is 32.0 Å². The lowest BCUT2D eigenvalue weighted by atomic mass is 10.1. The van der Waals surface area contributed by atoms with Crippen LogP contribution in [0.15, 0.2) is 48.7 Å². The molecule has 0 spiro atoms. The molecule has 1 heterocycles. The SMILES string of the molecule is C=C(CCNC(=O)COc1ccc(Cl)c(F)c1)NC(=O)C1CN(C(=O)C(F)(F)C(F)(F)F)c2cc(Cl)ccc2O1. The highest BCUT2D eigenvalue weighted by molar-refractivity contribution is 6.31. The number of anilines is 1. The second kappa shape index (κ2) is 12.3. The molecule has 3 amide bonds. The summed E-state index contributed by atoms with van der Waals surface area (Å²) in [5.74, 6) is -11.0. The molecule has 3 rings (SSSR count). The summed E-state index contributed by atoms with van der Waals surface area (Å²) in [5.41, 5.74) is -0.453. The minimum Gasteiger partial charge on any atom is -0.484 e. The Balaban J connectivity index is 1.56. The Morgan fingerprint density at radius 2 is 1.80 bits per heavy atom. The molecule has 16 heteroatoms. The fraction of sp³-hybridized carbons (Fsp3) is 0.292. The third-order valence-electron chi connectivity index (χ3n) is 5.30. The Hall–Kier alpha value is -3.65. The van der Waals surface area contributed by atoms with E-state index in [1.165, 1.54) is 18.2 Å². The molecule has 216 valence electrons.